The number of pyridine rings is 1. The van der Waals surface area contributed by atoms with Gasteiger partial charge in [-0.25, -0.2) is 13.8 Å². The molecule has 0 radical (unpaired) electrons. The lowest BCUT2D eigenvalue weighted by Gasteiger charge is -2.06. The van der Waals surface area contributed by atoms with Gasteiger partial charge in [0.1, 0.15) is 10.3 Å². The highest BCUT2D eigenvalue weighted by Crippen LogP contribution is 2.25. The van der Waals surface area contributed by atoms with Crippen molar-refractivity contribution in [3.63, 3.8) is 0 Å². The van der Waals surface area contributed by atoms with Crippen molar-refractivity contribution in [2.24, 2.45) is 0 Å². The lowest BCUT2D eigenvalue weighted by molar-refractivity contribution is 0.112. The van der Waals surface area contributed by atoms with E-state index in [9.17, 15) is 13.6 Å². The van der Waals surface area contributed by atoms with Crippen molar-refractivity contribution in [1.82, 2.24) is 4.98 Å². The van der Waals surface area contributed by atoms with Gasteiger partial charge in [0.25, 0.3) is 6.43 Å². The number of aromatic nitrogens is 1. The van der Waals surface area contributed by atoms with E-state index >= 15 is 0 Å². The Morgan fingerprint density at radius 2 is 2.21 bits per heavy atom. The number of hydrogen-bond acceptors (Lipinski definition) is 2. The van der Waals surface area contributed by atoms with Gasteiger partial charge in [0.05, 0.1) is 0 Å². The van der Waals surface area contributed by atoms with Gasteiger partial charge < -0.3 is 0 Å². The molecule has 1 aromatic rings. The fraction of sp³-hybridized carbons (Fsp3) is 0.250. The molecule has 0 unspecified atom stereocenters. The van der Waals surface area contributed by atoms with Crippen molar-refractivity contribution in [2.75, 3.05) is 0 Å². The maximum absolute atomic E-state index is 12.3. The summed E-state index contributed by atoms with van der Waals surface area (Å²) in [7, 11) is 0. The highest BCUT2D eigenvalue weighted by molar-refractivity contribution is 9.10. The predicted molar refractivity (Wildman–Crippen MR) is 54.9 cm³/mol. The summed E-state index contributed by atoms with van der Waals surface area (Å²) < 4.78 is 24.8. The van der Waals surface area contributed by atoms with Crippen LogP contribution in [0.5, 0.6) is 0 Å². The Balaban J connectivity index is 3.31. The summed E-state index contributed by atoms with van der Waals surface area (Å²) in [6, 6.07) is 1.10. The van der Waals surface area contributed by atoms with Crippen molar-refractivity contribution in [3.05, 3.63) is 27.5 Å². The first-order valence-electron chi connectivity index (χ1n) is 3.58. The second kappa shape index (κ2) is 4.93. The fourth-order valence-electron chi connectivity index (χ4n) is 0.928. The van der Waals surface area contributed by atoms with Crippen molar-refractivity contribution < 1.29 is 13.6 Å². The molecule has 1 aromatic heterocycles. The zero-order valence-electron chi connectivity index (χ0n) is 6.81. The molecule has 0 aliphatic rings. The molecular formula is C8H5Br2F2NO. The van der Waals surface area contributed by atoms with E-state index < -0.39 is 12.1 Å². The summed E-state index contributed by atoms with van der Waals surface area (Å²) in [6.07, 6.45) is -2.14. The van der Waals surface area contributed by atoms with E-state index in [-0.39, 0.29) is 10.2 Å². The molecule has 0 spiro atoms. The Labute approximate surface area is 96.0 Å². The molecule has 1 heterocycles. The topological polar surface area (TPSA) is 30.0 Å². The van der Waals surface area contributed by atoms with Crippen LogP contribution in [-0.2, 0) is 5.33 Å². The van der Waals surface area contributed by atoms with Crippen LogP contribution >= 0.6 is 31.9 Å². The third-order valence-corrected chi connectivity index (χ3v) is 2.83. The minimum atomic E-state index is -2.67. The highest BCUT2D eigenvalue weighted by Gasteiger charge is 2.15. The van der Waals surface area contributed by atoms with E-state index in [1.807, 2.05) is 0 Å². The summed E-state index contributed by atoms with van der Waals surface area (Å²) in [5.41, 5.74) is 0.395. The van der Waals surface area contributed by atoms with Crippen molar-refractivity contribution in [1.29, 1.82) is 0 Å². The van der Waals surface area contributed by atoms with Crippen LogP contribution in [0.2, 0.25) is 0 Å². The summed E-state index contributed by atoms with van der Waals surface area (Å²) in [5, 5.41) is 0.387. The van der Waals surface area contributed by atoms with E-state index in [0.717, 1.165) is 6.07 Å². The smallest absolute Gasteiger partial charge is 0.280 e. The second-order valence-electron chi connectivity index (χ2n) is 2.46. The molecule has 0 aliphatic carbocycles. The standard InChI is InChI=1S/C8H5Br2F2NO/c9-2-5-4(3-14)1-6(8(11)12)13-7(5)10/h1,3,8H,2H2. The van der Waals surface area contributed by atoms with Gasteiger partial charge in [-0.05, 0) is 22.0 Å². The highest BCUT2D eigenvalue weighted by atomic mass is 79.9. The van der Waals surface area contributed by atoms with Crippen LogP contribution in [0.4, 0.5) is 8.78 Å². The zero-order valence-corrected chi connectivity index (χ0v) is 9.98. The third-order valence-electron chi connectivity index (χ3n) is 1.61. The summed E-state index contributed by atoms with van der Waals surface area (Å²) in [4.78, 5) is 14.2. The molecule has 76 valence electrons. The molecule has 14 heavy (non-hydrogen) atoms. The van der Waals surface area contributed by atoms with Crippen LogP contribution in [0, 0.1) is 0 Å². The normalized spacial score (nSPS) is 10.6. The van der Waals surface area contributed by atoms with Gasteiger partial charge in [-0.2, -0.15) is 0 Å². The first-order chi connectivity index (χ1) is 6.60. The molecule has 0 aliphatic heterocycles. The average Bonchev–Trinajstić information content (AvgIpc) is 2.16. The van der Waals surface area contributed by atoms with Crippen LogP contribution in [0.3, 0.4) is 0 Å². The van der Waals surface area contributed by atoms with Crippen molar-refractivity contribution >= 4 is 38.1 Å². The Morgan fingerprint density at radius 1 is 1.57 bits per heavy atom. The molecule has 0 amide bonds. The Kier molecular flexibility index (Phi) is 4.12. The van der Waals surface area contributed by atoms with Crippen LogP contribution in [-0.4, -0.2) is 11.3 Å². The molecule has 0 N–H and O–H groups in total. The van der Waals surface area contributed by atoms with E-state index in [0.29, 0.717) is 17.2 Å². The summed E-state index contributed by atoms with van der Waals surface area (Å²) in [5.74, 6) is 0. The number of aldehydes is 1. The number of carbonyl (C=O) groups is 1. The SMILES string of the molecule is O=Cc1cc(C(F)F)nc(Br)c1CBr. The molecule has 0 aromatic carbocycles. The summed E-state index contributed by atoms with van der Waals surface area (Å²) >= 11 is 6.18. The number of carbonyl (C=O) groups excluding carboxylic acids is 1. The van der Waals surface area contributed by atoms with Crippen molar-refractivity contribution in [2.45, 2.75) is 11.8 Å². The number of rotatable bonds is 3. The molecule has 0 saturated carbocycles. The largest absolute Gasteiger partial charge is 0.298 e. The maximum atomic E-state index is 12.3. The molecule has 2 nitrogen and oxygen atoms in total. The molecule has 0 bridgehead atoms. The molecule has 0 atom stereocenters. The number of hydrogen-bond donors (Lipinski definition) is 0. The van der Waals surface area contributed by atoms with Gasteiger partial charge >= 0.3 is 0 Å². The van der Waals surface area contributed by atoms with Gasteiger partial charge in [-0.15, -0.1) is 0 Å². The second-order valence-corrected chi connectivity index (χ2v) is 3.77. The van der Waals surface area contributed by atoms with E-state index in [1.54, 1.807) is 0 Å². The zero-order chi connectivity index (χ0) is 10.7. The number of nitrogens with zero attached hydrogens (tertiary/aromatic N) is 1. The van der Waals surface area contributed by atoms with Crippen LogP contribution in [0.15, 0.2) is 10.7 Å². The first kappa shape index (κ1) is 11.7. The third kappa shape index (κ3) is 2.36. The molecule has 0 saturated heterocycles. The predicted octanol–water partition coefficient (Wildman–Crippen LogP) is 3.49. The number of alkyl halides is 3. The molecule has 6 heteroatoms. The van der Waals surface area contributed by atoms with Crippen LogP contribution in [0.25, 0.3) is 0 Å². The molecule has 0 fully saturated rings. The van der Waals surface area contributed by atoms with Gasteiger partial charge in [0, 0.05) is 16.5 Å². The minimum absolute atomic E-state index is 0.221. The minimum Gasteiger partial charge on any atom is -0.298 e. The number of halogens is 4. The van der Waals surface area contributed by atoms with E-state index in [2.05, 4.69) is 36.8 Å². The van der Waals surface area contributed by atoms with Crippen LogP contribution < -0.4 is 0 Å². The Morgan fingerprint density at radius 3 is 2.64 bits per heavy atom. The van der Waals surface area contributed by atoms with Gasteiger partial charge in [-0.3, -0.25) is 4.79 Å². The van der Waals surface area contributed by atoms with Gasteiger partial charge in [0.2, 0.25) is 0 Å². The van der Waals surface area contributed by atoms with E-state index in [1.165, 1.54) is 0 Å². The lowest BCUT2D eigenvalue weighted by Crippen LogP contribution is -1.99. The monoisotopic (exact) mass is 327 g/mol. The van der Waals surface area contributed by atoms with E-state index in [4.69, 9.17) is 0 Å². The average molecular weight is 329 g/mol. The lowest BCUT2D eigenvalue weighted by atomic mass is 10.1. The molecule has 1 rings (SSSR count). The quantitative estimate of drug-likeness (QED) is 0.483. The fourth-order valence-corrected chi connectivity index (χ4v) is 2.47. The van der Waals surface area contributed by atoms with Gasteiger partial charge in [0.15, 0.2) is 6.29 Å². The van der Waals surface area contributed by atoms with Gasteiger partial charge in [-0.1, -0.05) is 15.9 Å². The maximum Gasteiger partial charge on any atom is 0.280 e. The summed E-state index contributed by atoms with van der Waals surface area (Å²) in [6.45, 7) is 0. The Bertz CT molecular complexity index is 357. The molecular weight excluding hydrogens is 324 g/mol. The van der Waals surface area contributed by atoms with Crippen molar-refractivity contribution in [3.8, 4) is 0 Å². The van der Waals surface area contributed by atoms with Crippen LogP contribution in [0.1, 0.15) is 28.0 Å². The Hall–Kier alpha value is -0.360. The first-order valence-corrected chi connectivity index (χ1v) is 5.50.